The molecule has 198 valence electrons. The highest BCUT2D eigenvalue weighted by Gasteiger charge is 2.30. The number of sulfonamides is 1. The zero-order chi connectivity index (χ0) is 26.2. The molecule has 1 amide bonds. The molecule has 1 saturated carbocycles. The largest absolute Gasteiger partial charge is 0.390 e. The fraction of sp³-hybridized carbons (Fsp3) is 0.464. The molecule has 1 aliphatic heterocycles. The molecule has 0 unspecified atom stereocenters. The van der Waals surface area contributed by atoms with E-state index >= 15 is 0 Å². The highest BCUT2D eigenvalue weighted by atomic mass is 32.2. The second-order valence-electron chi connectivity index (χ2n) is 10.3. The number of carbonyl (C=O) groups is 1. The third-order valence-electron chi connectivity index (χ3n) is 7.59. The van der Waals surface area contributed by atoms with Gasteiger partial charge in [0.1, 0.15) is 0 Å². The number of aliphatic hydroxyl groups excluding tert-OH is 1. The molecule has 2 atom stereocenters. The quantitative estimate of drug-likeness (QED) is 0.378. The van der Waals surface area contributed by atoms with Gasteiger partial charge in [0, 0.05) is 37.3 Å². The monoisotopic (exact) mass is 524 g/mol. The average molecular weight is 525 g/mol. The van der Waals surface area contributed by atoms with Crippen molar-refractivity contribution in [1.29, 1.82) is 0 Å². The summed E-state index contributed by atoms with van der Waals surface area (Å²) in [5.74, 6) is 0.387. The fourth-order valence-corrected chi connectivity index (χ4v) is 6.34. The molecule has 0 bridgehead atoms. The number of aromatic nitrogens is 1. The molecule has 1 fully saturated rings. The Balaban J connectivity index is 1.45. The van der Waals surface area contributed by atoms with Crippen LogP contribution in [0.15, 0.2) is 48.7 Å². The van der Waals surface area contributed by atoms with Crippen molar-refractivity contribution in [3.63, 3.8) is 0 Å². The van der Waals surface area contributed by atoms with Gasteiger partial charge in [-0.2, -0.15) is 0 Å². The van der Waals surface area contributed by atoms with E-state index in [0.29, 0.717) is 43.1 Å². The van der Waals surface area contributed by atoms with Crippen LogP contribution >= 0.6 is 0 Å². The van der Waals surface area contributed by atoms with Crippen LogP contribution in [0.5, 0.6) is 0 Å². The first-order valence-corrected chi connectivity index (χ1v) is 14.7. The van der Waals surface area contributed by atoms with Crippen molar-refractivity contribution in [1.82, 2.24) is 15.2 Å². The van der Waals surface area contributed by atoms with Crippen molar-refractivity contribution in [2.24, 2.45) is 5.92 Å². The number of hydrogen-bond donors (Lipinski definition) is 3. The summed E-state index contributed by atoms with van der Waals surface area (Å²) in [6.07, 6.45) is 4.60. The summed E-state index contributed by atoms with van der Waals surface area (Å²) in [4.78, 5) is 13.6. The first-order chi connectivity index (χ1) is 17.8. The number of hydrogen-bond acceptors (Lipinski definition) is 5. The van der Waals surface area contributed by atoms with Crippen LogP contribution in [-0.4, -0.2) is 62.0 Å². The average Bonchev–Trinajstić information content (AvgIpc) is 3.66. The second kappa shape index (κ2) is 10.5. The highest BCUT2D eigenvalue weighted by molar-refractivity contribution is 7.92. The van der Waals surface area contributed by atoms with E-state index in [0.717, 1.165) is 28.6 Å². The molecule has 3 aromatic rings. The molecule has 9 heteroatoms. The first kappa shape index (κ1) is 25.8. The zero-order valence-corrected chi connectivity index (χ0v) is 22.3. The molecular formula is C28H36N4O4S. The Kier molecular flexibility index (Phi) is 7.29. The Morgan fingerprint density at radius 1 is 1.19 bits per heavy atom. The van der Waals surface area contributed by atoms with Crippen LogP contribution in [-0.2, 0) is 29.4 Å². The fourth-order valence-electron chi connectivity index (χ4n) is 5.15. The van der Waals surface area contributed by atoms with E-state index in [9.17, 15) is 18.3 Å². The Bertz CT molecular complexity index is 1380. The Morgan fingerprint density at radius 2 is 1.95 bits per heavy atom. The van der Waals surface area contributed by atoms with E-state index in [1.54, 1.807) is 13.1 Å². The van der Waals surface area contributed by atoms with Gasteiger partial charge in [-0.05, 0) is 68.3 Å². The maximum Gasteiger partial charge on any atom is 0.251 e. The molecule has 1 aliphatic carbocycles. The summed E-state index contributed by atoms with van der Waals surface area (Å²) in [6.45, 7) is 4.00. The minimum Gasteiger partial charge on any atom is -0.390 e. The summed E-state index contributed by atoms with van der Waals surface area (Å²) < 4.78 is 29.1. The van der Waals surface area contributed by atoms with Crippen LogP contribution in [0.2, 0.25) is 0 Å². The number of rotatable bonds is 10. The topological polar surface area (TPSA) is 104 Å². The lowest BCUT2D eigenvalue weighted by Crippen LogP contribution is -2.49. The summed E-state index contributed by atoms with van der Waals surface area (Å²) in [5, 5.41) is 18.3. The Hall–Kier alpha value is -2.88. The lowest BCUT2D eigenvalue weighted by molar-refractivity contribution is 0.0830. The SMILES string of the molecule is CCn1cc2c3c(cc(C(=O)N[C@@H](Cc4ccccc4)[C@H](O)CNCC4CC4)cc31)N(C)S(=O)(=O)CC2. The third-order valence-corrected chi connectivity index (χ3v) is 9.34. The van der Waals surface area contributed by atoms with Crippen molar-refractivity contribution in [3.05, 3.63) is 65.4 Å². The van der Waals surface area contributed by atoms with Gasteiger partial charge in [0.15, 0.2) is 0 Å². The zero-order valence-electron chi connectivity index (χ0n) is 21.5. The van der Waals surface area contributed by atoms with Gasteiger partial charge in [-0.25, -0.2) is 8.42 Å². The number of amides is 1. The molecule has 5 rings (SSSR count). The number of benzene rings is 2. The normalized spacial score (nSPS) is 18.4. The summed E-state index contributed by atoms with van der Waals surface area (Å²) >= 11 is 0. The van der Waals surface area contributed by atoms with E-state index in [1.807, 2.05) is 49.5 Å². The predicted molar refractivity (Wildman–Crippen MR) is 147 cm³/mol. The van der Waals surface area contributed by atoms with Crippen LogP contribution in [0.25, 0.3) is 10.9 Å². The maximum absolute atomic E-state index is 13.6. The molecule has 0 spiro atoms. The van der Waals surface area contributed by atoms with Crippen LogP contribution in [0, 0.1) is 5.92 Å². The van der Waals surface area contributed by atoms with Crippen LogP contribution in [0.1, 0.15) is 41.3 Å². The standard InChI is InChI=1S/C28H36N4O4S/c1-3-32-18-21-11-12-37(35,36)31(2)24-14-22(15-25(32)27(21)24)28(34)30-23(13-19-7-5-4-6-8-19)26(33)17-29-16-20-9-10-20/h4-8,14-15,18,20,23,26,29,33H,3,9-13,16-17H2,1-2H3,(H,30,34)/t23-,26+/m0/s1. The Morgan fingerprint density at radius 3 is 2.65 bits per heavy atom. The van der Waals surface area contributed by atoms with Gasteiger partial charge in [-0.1, -0.05) is 30.3 Å². The molecular weight excluding hydrogens is 488 g/mol. The van der Waals surface area contributed by atoms with Crippen molar-refractivity contribution in [3.8, 4) is 0 Å². The van der Waals surface area contributed by atoms with Gasteiger partial charge >= 0.3 is 0 Å². The van der Waals surface area contributed by atoms with Crippen LogP contribution in [0.3, 0.4) is 0 Å². The maximum atomic E-state index is 13.6. The number of nitrogens with zero attached hydrogens (tertiary/aromatic N) is 2. The van der Waals surface area contributed by atoms with Gasteiger partial charge in [-0.15, -0.1) is 0 Å². The molecule has 37 heavy (non-hydrogen) atoms. The van der Waals surface area contributed by atoms with E-state index in [-0.39, 0.29) is 11.7 Å². The predicted octanol–water partition coefficient (Wildman–Crippen LogP) is 2.68. The minimum atomic E-state index is -3.49. The number of aryl methyl sites for hydroxylation is 2. The molecule has 0 radical (unpaired) electrons. The third kappa shape index (κ3) is 5.54. The second-order valence-corrected chi connectivity index (χ2v) is 12.4. The first-order valence-electron chi connectivity index (χ1n) is 13.1. The number of aliphatic hydroxyl groups is 1. The van der Waals surface area contributed by atoms with Gasteiger partial charge < -0.3 is 20.3 Å². The van der Waals surface area contributed by atoms with Gasteiger partial charge in [0.2, 0.25) is 10.0 Å². The van der Waals surface area contributed by atoms with Crippen molar-refractivity contribution < 1.29 is 18.3 Å². The lowest BCUT2D eigenvalue weighted by Gasteiger charge is -2.25. The van der Waals surface area contributed by atoms with Crippen molar-refractivity contribution >= 4 is 32.5 Å². The molecule has 1 aromatic heterocycles. The van der Waals surface area contributed by atoms with E-state index in [4.69, 9.17) is 0 Å². The molecule has 8 nitrogen and oxygen atoms in total. The van der Waals surface area contributed by atoms with E-state index < -0.39 is 22.2 Å². The minimum absolute atomic E-state index is 0.0295. The summed E-state index contributed by atoms with van der Waals surface area (Å²) in [7, 11) is -1.94. The summed E-state index contributed by atoms with van der Waals surface area (Å²) in [5.41, 5.74) is 3.74. The number of anilines is 1. The Labute approximate surface area is 218 Å². The molecule has 2 heterocycles. The smallest absolute Gasteiger partial charge is 0.251 e. The van der Waals surface area contributed by atoms with Gasteiger partial charge in [-0.3, -0.25) is 9.10 Å². The molecule has 3 N–H and O–H groups in total. The lowest BCUT2D eigenvalue weighted by atomic mass is 10.00. The van der Waals surface area contributed by atoms with Gasteiger partial charge in [0.05, 0.1) is 29.1 Å². The van der Waals surface area contributed by atoms with Crippen LogP contribution in [0.4, 0.5) is 5.69 Å². The molecule has 2 aromatic carbocycles. The molecule has 0 saturated heterocycles. The molecule has 2 aliphatic rings. The number of nitrogens with one attached hydrogen (secondary N) is 2. The van der Waals surface area contributed by atoms with Crippen molar-refractivity contribution in [2.45, 2.75) is 51.3 Å². The number of carbonyl (C=O) groups excluding carboxylic acids is 1. The van der Waals surface area contributed by atoms with E-state index in [2.05, 4.69) is 15.2 Å². The summed E-state index contributed by atoms with van der Waals surface area (Å²) in [6, 6.07) is 12.8. The van der Waals surface area contributed by atoms with E-state index in [1.165, 1.54) is 17.1 Å². The highest BCUT2D eigenvalue weighted by Crippen LogP contribution is 2.37. The van der Waals surface area contributed by atoms with Crippen molar-refractivity contribution in [2.75, 3.05) is 30.2 Å². The van der Waals surface area contributed by atoms with Gasteiger partial charge in [0.25, 0.3) is 5.91 Å². The van der Waals surface area contributed by atoms with Crippen LogP contribution < -0.4 is 14.9 Å².